The molecular weight excluding hydrogens is 452 g/mol. The third-order valence-electron chi connectivity index (χ3n) is 5.47. The molecule has 1 aromatic heterocycles. The molecule has 0 unspecified atom stereocenters. The number of amides is 1. The summed E-state index contributed by atoms with van der Waals surface area (Å²) >= 11 is 0. The Hall–Kier alpha value is -2.04. The molecule has 3 rings (SSSR count). The van der Waals surface area contributed by atoms with Gasteiger partial charge in [-0.3, -0.25) is 9.59 Å². The Morgan fingerprint density at radius 3 is 2.47 bits per heavy atom. The van der Waals surface area contributed by atoms with Crippen molar-refractivity contribution in [2.24, 2.45) is 5.92 Å². The van der Waals surface area contributed by atoms with E-state index < -0.39 is 30.4 Å². The van der Waals surface area contributed by atoms with Crippen molar-refractivity contribution in [3.63, 3.8) is 0 Å². The molecule has 10 heteroatoms. The third kappa shape index (κ3) is 7.74. The van der Waals surface area contributed by atoms with Crippen LogP contribution in [0.4, 0.5) is 4.39 Å². The van der Waals surface area contributed by atoms with Crippen LogP contribution in [0.15, 0.2) is 30.3 Å². The van der Waals surface area contributed by atoms with Gasteiger partial charge < -0.3 is 22.1 Å². The van der Waals surface area contributed by atoms with E-state index in [0.717, 1.165) is 12.8 Å². The number of rotatable bonds is 11. The van der Waals surface area contributed by atoms with Crippen LogP contribution in [0.5, 0.6) is 0 Å². The zero-order valence-corrected chi connectivity index (χ0v) is 21.7. The molecule has 0 bridgehead atoms. The molecule has 0 saturated heterocycles. The molecule has 1 saturated carbocycles. The number of aromatic nitrogens is 2. The fourth-order valence-corrected chi connectivity index (χ4v) is 3.61. The molecule has 180 valence electrons. The van der Waals surface area contributed by atoms with Crippen LogP contribution in [-0.2, 0) is 4.79 Å². The summed E-state index contributed by atoms with van der Waals surface area (Å²) in [5.41, 5.74) is 2.01. The maximum Gasteiger partial charge on any atom is 1.00 e. The number of aliphatic carboxylic acids is 1. The maximum absolute atomic E-state index is 13.5. The molecule has 0 aliphatic heterocycles. The normalized spacial score (nSPS) is 15.2. The number of carbonyl (C=O) groups is 2. The first-order valence-electron chi connectivity index (χ1n) is 11.1. The monoisotopic (exact) mass is 483 g/mol. The second-order valence-electron chi connectivity index (χ2n) is 8.76. The number of halogens is 1. The number of hydrogen-bond acceptors (Lipinski definition) is 5. The van der Waals surface area contributed by atoms with Crippen LogP contribution in [0.3, 0.4) is 0 Å². The molecule has 1 fully saturated rings. The topological polar surface area (TPSA) is 125 Å². The van der Waals surface area contributed by atoms with Crippen LogP contribution in [0.2, 0.25) is 0 Å². The largest absolute Gasteiger partial charge is 1.00 e. The Labute approximate surface area is 221 Å². The third-order valence-corrected chi connectivity index (χ3v) is 5.47. The predicted octanol–water partition coefficient (Wildman–Crippen LogP) is -0.00910. The van der Waals surface area contributed by atoms with Gasteiger partial charge >= 0.3 is 35.5 Å². The molecule has 1 aliphatic rings. The molecule has 34 heavy (non-hydrogen) atoms. The minimum Gasteiger partial charge on any atom is -1.00 e. The van der Waals surface area contributed by atoms with Crippen molar-refractivity contribution in [2.75, 3.05) is 6.54 Å². The quantitative estimate of drug-likeness (QED) is 0.334. The number of carbonyl (C=O) groups excluding carboxylic acids is 1. The van der Waals surface area contributed by atoms with Gasteiger partial charge in [-0.05, 0) is 55.0 Å². The fourth-order valence-electron chi connectivity index (χ4n) is 3.61. The van der Waals surface area contributed by atoms with E-state index in [1.807, 2.05) is 13.8 Å². The van der Waals surface area contributed by atoms with E-state index in [2.05, 4.69) is 10.4 Å². The maximum atomic E-state index is 13.5. The summed E-state index contributed by atoms with van der Waals surface area (Å²) in [4.78, 5) is 23.7. The fraction of sp³-hybridized carbons (Fsp3) is 0.458. The summed E-state index contributed by atoms with van der Waals surface area (Å²) in [6.45, 7) is 4.44. The molecule has 1 amide bonds. The van der Waals surface area contributed by atoms with Gasteiger partial charge in [-0.15, -0.1) is 0 Å². The van der Waals surface area contributed by atoms with Gasteiger partial charge in [0.25, 0.3) is 5.91 Å². The van der Waals surface area contributed by atoms with Gasteiger partial charge in [0.1, 0.15) is 5.82 Å². The minimum atomic E-state index is -1.20. The summed E-state index contributed by atoms with van der Waals surface area (Å²) in [6, 6.07) is 5.68. The first kappa shape index (κ1) is 28.2. The summed E-state index contributed by atoms with van der Waals surface area (Å²) < 4.78 is 15.0. The van der Waals surface area contributed by atoms with Gasteiger partial charge in [0.15, 0.2) is 5.69 Å². The van der Waals surface area contributed by atoms with Crippen molar-refractivity contribution in [2.45, 2.75) is 57.7 Å². The molecular formula is C24H31FN3NaO5. The number of carboxylic acid groups (broad SMARTS) is 1. The van der Waals surface area contributed by atoms with Gasteiger partial charge in [0.2, 0.25) is 0 Å². The number of nitrogens with one attached hydrogen (secondary N) is 1. The number of hydrogen-bond donors (Lipinski definition) is 4. The number of aliphatic hydroxyl groups excluding tert-OH is 2. The summed E-state index contributed by atoms with van der Waals surface area (Å²) in [7, 11) is 0. The van der Waals surface area contributed by atoms with E-state index in [0.29, 0.717) is 29.4 Å². The Balaban J connectivity index is 0.00000306. The van der Waals surface area contributed by atoms with E-state index >= 15 is 0 Å². The number of aliphatic hydroxyl groups is 2. The summed E-state index contributed by atoms with van der Waals surface area (Å²) in [6.07, 6.45) is 2.30. The number of nitrogens with zero attached hydrogens (tertiary/aromatic N) is 2. The first-order chi connectivity index (χ1) is 15.7. The van der Waals surface area contributed by atoms with Crippen LogP contribution >= 0.6 is 0 Å². The van der Waals surface area contributed by atoms with E-state index in [9.17, 15) is 24.2 Å². The van der Waals surface area contributed by atoms with Crippen molar-refractivity contribution in [3.05, 3.63) is 53.1 Å². The van der Waals surface area contributed by atoms with E-state index in [1.54, 1.807) is 18.2 Å². The smallest absolute Gasteiger partial charge is 1.00 e. The minimum absolute atomic E-state index is 0. The van der Waals surface area contributed by atoms with Crippen molar-refractivity contribution < 1.29 is 60.3 Å². The van der Waals surface area contributed by atoms with Crippen LogP contribution in [0.1, 0.15) is 68.6 Å². The average Bonchev–Trinajstić information content (AvgIpc) is 3.48. The molecule has 1 aromatic carbocycles. The standard InChI is InChI=1S/C24H30FN3O5.Na.H/c1-14(2)22-20(10-9-18(29)11-19(30)12-21(31)32)28(17-7-5-16(25)6-8-17)27-23(22)24(33)26-13-15-3-4-15;;/h5-10,14-15,18-19,29-30H,3-4,11-13H2,1-2H3,(H,26,33)(H,31,32);;/q;+1;-1/t18-,19+;;/m0../s1. The Bertz CT molecular complexity index is 1020. The number of benzene rings is 1. The summed E-state index contributed by atoms with van der Waals surface area (Å²) in [5, 5.41) is 36.3. The SMILES string of the molecule is CC(C)c1c(C(=O)NCC2CC2)nn(-c2ccc(F)cc2)c1C=C[C@H](O)C[C@@H](O)CC(=O)O.[H-].[Na+]. The molecule has 1 aliphatic carbocycles. The predicted molar refractivity (Wildman–Crippen MR) is 122 cm³/mol. The van der Waals surface area contributed by atoms with E-state index in [1.165, 1.54) is 22.9 Å². The average molecular weight is 484 g/mol. The molecule has 1 heterocycles. The van der Waals surface area contributed by atoms with E-state index in [4.69, 9.17) is 5.11 Å². The molecule has 0 radical (unpaired) electrons. The molecule has 8 nitrogen and oxygen atoms in total. The second kappa shape index (κ2) is 12.6. The molecule has 4 N–H and O–H groups in total. The second-order valence-corrected chi connectivity index (χ2v) is 8.76. The summed E-state index contributed by atoms with van der Waals surface area (Å²) in [5.74, 6) is -1.44. The van der Waals surface area contributed by atoms with Crippen molar-refractivity contribution in [1.29, 1.82) is 0 Å². The Morgan fingerprint density at radius 1 is 1.26 bits per heavy atom. The van der Waals surface area contributed by atoms with Crippen molar-refractivity contribution >= 4 is 18.0 Å². The van der Waals surface area contributed by atoms with Crippen LogP contribution in [0.25, 0.3) is 11.8 Å². The van der Waals surface area contributed by atoms with Crippen LogP contribution in [-0.4, -0.2) is 55.7 Å². The van der Waals surface area contributed by atoms with Crippen molar-refractivity contribution in [3.8, 4) is 5.69 Å². The van der Waals surface area contributed by atoms with E-state index in [-0.39, 0.29) is 54.9 Å². The first-order valence-corrected chi connectivity index (χ1v) is 11.1. The van der Waals surface area contributed by atoms with Gasteiger partial charge in [-0.1, -0.05) is 19.9 Å². The molecule has 2 atom stereocenters. The Kier molecular flexibility index (Phi) is 10.5. The van der Waals surface area contributed by atoms with Crippen molar-refractivity contribution in [1.82, 2.24) is 15.1 Å². The molecule has 2 aromatic rings. The zero-order valence-electron chi connectivity index (χ0n) is 20.7. The van der Waals surface area contributed by atoms with Gasteiger partial charge in [-0.25, -0.2) is 9.07 Å². The van der Waals surface area contributed by atoms with Gasteiger partial charge in [-0.2, -0.15) is 5.10 Å². The van der Waals surface area contributed by atoms with Crippen LogP contribution in [0, 0.1) is 11.7 Å². The molecule has 0 spiro atoms. The van der Waals surface area contributed by atoms with Crippen LogP contribution < -0.4 is 34.9 Å². The zero-order chi connectivity index (χ0) is 24.1. The number of carboxylic acids is 1. The Morgan fingerprint density at radius 2 is 1.91 bits per heavy atom. The van der Waals surface area contributed by atoms with Gasteiger partial charge in [0.05, 0.1) is 30.0 Å². The van der Waals surface area contributed by atoms with Gasteiger partial charge in [0, 0.05) is 18.5 Å².